The average molecular weight is 824 g/mol. The van der Waals surface area contributed by atoms with E-state index in [4.69, 9.17) is 4.42 Å². The van der Waals surface area contributed by atoms with Crippen LogP contribution in [-0.4, -0.2) is 9.55 Å². The minimum Gasteiger partial charge on any atom is -0.443 e. The molecule has 0 bridgehead atoms. The number of oxazole rings is 1. The zero-order valence-electron chi connectivity index (χ0n) is 35.8. The number of fused-ring (bicyclic) bond motifs is 12. The Morgan fingerprint density at radius 3 is 1.52 bits per heavy atom. The molecule has 13 rings (SSSR count). The van der Waals surface area contributed by atoms with Crippen molar-refractivity contribution in [3.8, 4) is 16.8 Å². The summed E-state index contributed by atoms with van der Waals surface area (Å²) in [7, 11) is 0. The van der Waals surface area contributed by atoms with Crippen LogP contribution in [-0.2, 0) is 5.41 Å². The van der Waals surface area contributed by atoms with Gasteiger partial charge in [0.2, 0.25) is 0 Å². The number of nitrogens with zero attached hydrogens (tertiary/aromatic N) is 3. The minimum absolute atomic E-state index is 0.0120. The Balaban J connectivity index is 0.000000112. The van der Waals surface area contributed by atoms with E-state index in [-0.39, 0.29) is 5.41 Å². The zero-order chi connectivity index (χ0) is 43.0. The van der Waals surface area contributed by atoms with E-state index in [1.54, 1.807) is 0 Å². The summed E-state index contributed by atoms with van der Waals surface area (Å²) in [5, 5.41) is 7.35. The van der Waals surface area contributed by atoms with Crippen molar-refractivity contribution in [2.24, 2.45) is 0 Å². The highest BCUT2D eigenvalue weighted by Gasteiger charge is 2.36. The van der Waals surface area contributed by atoms with Gasteiger partial charge in [0.05, 0.1) is 11.0 Å². The van der Waals surface area contributed by atoms with Gasteiger partial charge >= 0.3 is 0 Å². The first kappa shape index (κ1) is 38.7. The van der Waals surface area contributed by atoms with Crippen molar-refractivity contribution in [3.05, 3.63) is 248 Å². The number of aromatic nitrogens is 2. The summed E-state index contributed by atoms with van der Waals surface area (Å²) in [4.78, 5) is 6.58. The van der Waals surface area contributed by atoms with E-state index in [2.05, 4.69) is 228 Å². The molecule has 306 valence electrons. The van der Waals surface area contributed by atoms with Gasteiger partial charge in [-0.2, -0.15) is 0 Å². The Morgan fingerprint density at radius 1 is 0.406 bits per heavy atom. The summed E-state index contributed by atoms with van der Waals surface area (Å²) in [6.45, 7) is 4.69. The first-order valence-electron chi connectivity index (χ1n) is 21.9. The fourth-order valence-electron chi connectivity index (χ4n) is 9.67. The molecule has 4 heteroatoms. The maximum Gasteiger partial charge on any atom is 0.182 e. The van der Waals surface area contributed by atoms with Crippen molar-refractivity contribution >= 4 is 71.5 Å². The molecule has 0 saturated heterocycles. The van der Waals surface area contributed by atoms with Crippen LogP contribution in [0.1, 0.15) is 25.0 Å². The van der Waals surface area contributed by atoms with Crippen LogP contribution in [0.15, 0.2) is 241 Å². The van der Waals surface area contributed by atoms with E-state index in [1.165, 1.54) is 84.0 Å². The first-order chi connectivity index (χ1) is 31.6. The number of benzene rings is 10. The molecule has 2 heterocycles. The third-order valence-electron chi connectivity index (χ3n) is 12.6. The quantitative estimate of drug-likeness (QED) is 0.166. The molecule has 0 N–H and O–H groups in total. The molecule has 0 aliphatic heterocycles. The van der Waals surface area contributed by atoms with Gasteiger partial charge in [-0.25, -0.2) is 4.98 Å². The van der Waals surface area contributed by atoms with Crippen LogP contribution >= 0.6 is 0 Å². The molecule has 12 aromatic rings. The van der Waals surface area contributed by atoms with Gasteiger partial charge in [0.1, 0.15) is 5.52 Å². The van der Waals surface area contributed by atoms with Gasteiger partial charge in [-0.3, -0.25) is 0 Å². The summed E-state index contributed by atoms with van der Waals surface area (Å²) < 4.78 is 7.93. The van der Waals surface area contributed by atoms with Crippen LogP contribution < -0.4 is 4.90 Å². The van der Waals surface area contributed by atoms with Crippen LogP contribution in [0.3, 0.4) is 0 Å². The number of rotatable bonds is 4. The number of hydrogen-bond donors (Lipinski definition) is 0. The predicted octanol–water partition coefficient (Wildman–Crippen LogP) is 16.4. The summed E-state index contributed by atoms with van der Waals surface area (Å²) in [6, 6.07) is 81.0. The Labute approximate surface area is 372 Å². The third-order valence-corrected chi connectivity index (χ3v) is 12.6. The summed E-state index contributed by atoms with van der Waals surface area (Å²) in [5.41, 5.74) is 14.7. The van der Waals surface area contributed by atoms with Crippen molar-refractivity contribution in [3.63, 3.8) is 0 Å². The molecular weight excluding hydrogens is 779 g/mol. The molecule has 0 fully saturated rings. The van der Waals surface area contributed by atoms with Crippen molar-refractivity contribution in [1.29, 1.82) is 0 Å². The Morgan fingerprint density at radius 2 is 0.891 bits per heavy atom. The zero-order valence-corrected chi connectivity index (χ0v) is 35.8. The van der Waals surface area contributed by atoms with Crippen LogP contribution in [0, 0.1) is 0 Å². The van der Waals surface area contributed by atoms with Gasteiger partial charge in [-0.1, -0.05) is 178 Å². The molecular formula is C60H45N3O. The van der Waals surface area contributed by atoms with Gasteiger partial charge < -0.3 is 13.9 Å². The molecule has 0 atom stereocenters. The molecule has 1 aliphatic carbocycles. The molecule has 0 saturated carbocycles. The topological polar surface area (TPSA) is 34.2 Å². The Bertz CT molecular complexity index is 3410. The normalized spacial score (nSPS) is 12.3. The minimum atomic E-state index is 0.0120. The van der Waals surface area contributed by atoms with Crippen LogP contribution in [0.5, 0.6) is 0 Å². The molecule has 1 aliphatic rings. The van der Waals surface area contributed by atoms with E-state index in [9.17, 15) is 0 Å². The first-order valence-corrected chi connectivity index (χ1v) is 21.9. The maximum atomic E-state index is 5.53. The van der Waals surface area contributed by atoms with E-state index in [0.717, 1.165) is 21.9 Å². The molecule has 4 nitrogen and oxygen atoms in total. The van der Waals surface area contributed by atoms with Crippen molar-refractivity contribution in [2.75, 3.05) is 4.90 Å². The summed E-state index contributed by atoms with van der Waals surface area (Å²) >= 11 is 0. The maximum absolute atomic E-state index is 5.53. The summed E-state index contributed by atoms with van der Waals surface area (Å²) in [6.07, 6.45) is 1.52. The van der Waals surface area contributed by atoms with Crippen LogP contribution in [0.25, 0.3) is 71.3 Å². The standard InChI is InChI=1S/C27H21N.C18H15N.C15H9NO/c1-27(2)23-14-8-6-12-19(23)21-16-22-20-13-7-9-15-25(20)28(26(22)17-24(21)27)18-10-4-3-5-11-18;1-4-10-16(11-5-1)19(17-12-6-2-7-13-17)18-14-8-3-9-15-18;1-3-7-12-10(5-1)11-6-2-4-8-13(11)15-14(12)16-9-17-15/h3-17H,1-2H3;1-15H;1-9H. The van der Waals surface area contributed by atoms with E-state index in [0.29, 0.717) is 0 Å². The lowest BCUT2D eigenvalue weighted by Gasteiger charge is -2.25. The molecule has 0 unspecified atom stereocenters. The summed E-state index contributed by atoms with van der Waals surface area (Å²) in [5.74, 6) is 0. The fourth-order valence-corrected chi connectivity index (χ4v) is 9.67. The highest BCUT2D eigenvalue weighted by atomic mass is 16.3. The van der Waals surface area contributed by atoms with Crippen molar-refractivity contribution in [2.45, 2.75) is 19.3 Å². The predicted molar refractivity (Wildman–Crippen MR) is 268 cm³/mol. The number of para-hydroxylation sites is 5. The monoisotopic (exact) mass is 823 g/mol. The van der Waals surface area contributed by atoms with Gasteiger partial charge in [0.15, 0.2) is 12.0 Å². The van der Waals surface area contributed by atoms with E-state index in [1.807, 2.05) is 30.3 Å². The second kappa shape index (κ2) is 16.2. The number of hydrogen-bond acceptors (Lipinski definition) is 3. The van der Waals surface area contributed by atoms with Gasteiger partial charge in [0.25, 0.3) is 0 Å². The smallest absolute Gasteiger partial charge is 0.182 e. The van der Waals surface area contributed by atoms with Crippen molar-refractivity contribution < 1.29 is 4.42 Å². The molecule has 0 radical (unpaired) electrons. The Hall–Kier alpha value is -8.21. The molecule has 0 amide bonds. The Kier molecular flexibility index (Phi) is 9.82. The van der Waals surface area contributed by atoms with Gasteiger partial charge in [-0.05, 0) is 99.8 Å². The molecule has 64 heavy (non-hydrogen) atoms. The molecule has 2 aromatic heterocycles. The van der Waals surface area contributed by atoms with Gasteiger partial charge in [-0.15, -0.1) is 0 Å². The fraction of sp³-hybridized carbons (Fsp3) is 0.0500. The molecule has 0 spiro atoms. The van der Waals surface area contributed by atoms with Crippen LogP contribution in [0.2, 0.25) is 0 Å². The second-order valence-corrected chi connectivity index (χ2v) is 16.7. The lowest BCUT2D eigenvalue weighted by molar-refractivity contribution is 0.605. The molecule has 10 aromatic carbocycles. The highest BCUT2D eigenvalue weighted by Crippen LogP contribution is 2.51. The lowest BCUT2D eigenvalue weighted by Crippen LogP contribution is -2.14. The van der Waals surface area contributed by atoms with Crippen molar-refractivity contribution in [1.82, 2.24) is 9.55 Å². The largest absolute Gasteiger partial charge is 0.443 e. The number of anilines is 3. The SMILES string of the molecule is CC1(C)c2ccccc2-c2cc3c4ccccc4n(-c4ccccc4)c3cc21.c1ccc(N(c2ccccc2)c2ccccc2)cc1.c1ccc2c(c1)c1ccccc1c1ocnc21. The lowest BCUT2D eigenvalue weighted by atomic mass is 9.82. The van der Waals surface area contributed by atoms with E-state index < -0.39 is 0 Å². The second-order valence-electron chi connectivity index (χ2n) is 16.7. The average Bonchev–Trinajstić information content (AvgIpc) is 4.05. The van der Waals surface area contributed by atoms with Gasteiger partial charge in [0, 0.05) is 49.7 Å². The van der Waals surface area contributed by atoms with E-state index >= 15 is 0 Å². The van der Waals surface area contributed by atoms with Crippen LogP contribution in [0.4, 0.5) is 17.1 Å². The third kappa shape index (κ3) is 6.68. The highest BCUT2D eigenvalue weighted by molar-refractivity contribution is 6.22.